The summed E-state index contributed by atoms with van der Waals surface area (Å²) in [6.45, 7) is 10.4. The van der Waals surface area contributed by atoms with Crippen LogP contribution in [-0.2, 0) is 12.0 Å². The summed E-state index contributed by atoms with van der Waals surface area (Å²) >= 11 is 1.57. The summed E-state index contributed by atoms with van der Waals surface area (Å²) in [7, 11) is 0. The second-order valence-electron chi connectivity index (χ2n) is 5.99. The van der Waals surface area contributed by atoms with Crippen LogP contribution in [0.15, 0.2) is 17.5 Å². The number of benzene rings is 1. The fourth-order valence-electron chi connectivity index (χ4n) is 2.11. The first-order valence-electron chi connectivity index (χ1n) is 7.15. The Morgan fingerprint density at radius 3 is 2.57 bits per heavy atom. The van der Waals surface area contributed by atoms with Gasteiger partial charge in [0.05, 0.1) is 17.3 Å². The topological polar surface area (TPSA) is 42.4 Å². The number of aliphatic hydroxyl groups is 1. The summed E-state index contributed by atoms with van der Waals surface area (Å²) in [5, 5.41) is 12.8. The minimum atomic E-state index is -0.875. The van der Waals surface area contributed by atoms with Gasteiger partial charge in [-0.15, -0.1) is 11.3 Å². The van der Waals surface area contributed by atoms with Gasteiger partial charge in [-0.2, -0.15) is 0 Å². The van der Waals surface area contributed by atoms with Crippen LogP contribution >= 0.6 is 11.3 Å². The second kappa shape index (κ2) is 6.16. The standard InChI is InChI=1S/C17H23NO2S/c1-11-8-12(2)13(3)14(9-11)20-7-6-16-18-15(10-21-16)17(4,5)19/h8-10,19H,6-7H2,1-5H3. The van der Waals surface area contributed by atoms with Gasteiger partial charge in [-0.1, -0.05) is 6.07 Å². The molecule has 0 aliphatic rings. The van der Waals surface area contributed by atoms with E-state index in [1.807, 2.05) is 5.38 Å². The molecule has 0 spiro atoms. The summed E-state index contributed by atoms with van der Waals surface area (Å²) in [5.41, 5.74) is 3.51. The molecule has 0 saturated carbocycles. The first-order chi connectivity index (χ1) is 9.77. The van der Waals surface area contributed by atoms with Gasteiger partial charge >= 0.3 is 0 Å². The highest BCUT2D eigenvalue weighted by molar-refractivity contribution is 7.09. The summed E-state index contributed by atoms with van der Waals surface area (Å²) in [6, 6.07) is 4.24. The van der Waals surface area contributed by atoms with Gasteiger partial charge in [0.15, 0.2) is 0 Å². The zero-order valence-corrected chi connectivity index (χ0v) is 14.2. The number of nitrogens with zero attached hydrogens (tertiary/aromatic N) is 1. The largest absolute Gasteiger partial charge is 0.493 e. The van der Waals surface area contributed by atoms with E-state index in [0.29, 0.717) is 6.61 Å². The molecule has 0 saturated heterocycles. The number of hydrogen-bond acceptors (Lipinski definition) is 4. The summed E-state index contributed by atoms with van der Waals surface area (Å²) in [4.78, 5) is 4.46. The maximum absolute atomic E-state index is 9.92. The molecule has 0 radical (unpaired) electrons. The van der Waals surface area contributed by atoms with E-state index >= 15 is 0 Å². The van der Waals surface area contributed by atoms with Gasteiger partial charge in [-0.05, 0) is 57.4 Å². The Morgan fingerprint density at radius 1 is 1.24 bits per heavy atom. The molecule has 1 aromatic carbocycles. The van der Waals surface area contributed by atoms with Gasteiger partial charge in [0.2, 0.25) is 0 Å². The summed E-state index contributed by atoms with van der Waals surface area (Å²) < 4.78 is 5.90. The lowest BCUT2D eigenvalue weighted by Gasteiger charge is -2.13. The van der Waals surface area contributed by atoms with Crippen LogP contribution in [0.1, 0.15) is 41.2 Å². The van der Waals surface area contributed by atoms with Crippen molar-refractivity contribution in [1.82, 2.24) is 4.98 Å². The van der Waals surface area contributed by atoms with Crippen LogP contribution in [0, 0.1) is 20.8 Å². The maximum Gasteiger partial charge on any atom is 0.122 e. The van der Waals surface area contributed by atoms with Crippen molar-refractivity contribution >= 4 is 11.3 Å². The van der Waals surface area contributed by atoms with Crippen molar-refractivity contribution in [2.45, 2.75) is 46.6 Å². The molecular weight excluding hydrogens is 282 g/mol. The molecule has 1 aromatic heterocycles. The van der Waals surface area contributed by atoms with Gasteiger partial charge in [-0.25, -0.2) is 4.98 Å². The molecule has 0 amide bonds. The maximum atomic E-state index is 9.92. The average Bonchev–Trinajstić information content (AvgIpc) is 2.83. The molecule has 0 atom stereocenters. The molecule has 0 unspecified atom stereocenters. The molecule has 0 aliphatic carbocycles. The van der Waals surface area contributed by atoms with E-state index in [2.05, 4.69) is 37.9 Å². The number of hydrogen-bond donors (Lipinski definition) is 1. The zero-order valence-electron chi connectivity index (χ0n) is 13.4. The third kappa shape index (κ3) is 4.05. The fourth-order valence-corrected chi connectivity index (χ4v) is 3.05. The SMILES string of the molecule is Cc1cc(C)c(C)c(OCCc2nc(C(C)(C)O)cs2)c1. The van der Waals surface area contributed by atoms with Crippen molar-refractivity contribution < 1.29 is 9.84 Å². The molecule has 114 valence electrons. The number of aromatic nitrogens is 1. The Hall–Kier alpha value is -1.39. The van der Waals surface area contributed by atoms with Crippen LogP contribution in [0.5, 0.6) is 5.75 Å². The highest BCUT2D eigenvalue weighted by Crippen LogP contribution is 2.24. The van der Waals surface area contributed by atoms with Crippen molar-refractivity contribution in [2.75, 3.05) is 6.61 Å². The van der Waals surface area contributed by atoms with Gasteiger partial charge in [-0.3, -0.25) is 0 Å². The summed E-state index contributed by atoms with van der Waals surface area (Å²) in [5.74, 6) is 0.951. The van der Waals surface area contributed by atoms with Crippen molar-refractivity contribution in [1.29, 1.82) is 0 Å². The van der Waals surface area contributed by atoms with Crippen molar-refractivity contribution in [2.24, 2.45) is 0 Å². The van der Waals surface area contributed by atoms with E-state index in [1.54, 1.807) is 25.2 Å². The molecule has 0 fully saturated rings. The van der Waals surface area contributed by atoms with Crippen molar-refractivity contribution in [3.05, 3.63) is 44.9 Å². The zero-order chi connectivity index (χ0) is 15.6. The Kier molecular flexibility index (Phi) is 4.69. The Labute approximate surface area is 130 Å². The average molecular weight is 305 g/mol. The molecule has 3 nitrogen and oxygen atoms in total. The van der Waals surface area contributed by atoms with E-state index in [9.17, 15) is 5.11 Å². The van der Waals surface area contributed by atoms with Crippen LogP contribution in [0.2, 0.25) is 0 Å². The first-order valence-corrected chi connectivity index (χ1v) is 8.03. The van der Waals surface area contributed by atoms with E-state index < -0.39 is 5.60 Å². The quantitative estimate of drug-likeness (QED) is 0.910. The van der Waals surface area contributed by atoms with Crippen molar-refractivity contribution in [3.8, 4) is 5.75 Å². The third-order valence-corrected chi connectivity index (χ3v) is 4.42. The predicted molar refractivity (Wildman–Crippen MR) is 87.2 cm³/mol. The monoisotopic (exact) mass is 305 g/mol. The van der Waals surface area contributed by atoms with Gasteiger partial charge in [0.1, 0.15) is 11.4 Å². The lowest BCUT2D eigenvalue weighted by molar-refractivity contribution is 0.0743. The molecule has 21 heavy (non-hydrogen) atoms. The molecule has 0 bridgehead atoms. The number of thiazole rings is 1. The van der Waals surface area contributed by atoms with E-state index in [1.165, 1.54) is 16.7 Å². The molecule has 2 rings (SSSR count). The minimum Gasteiger partial charge on any atom is -0.493 e. The van der Waals surface area contributed by atoms with Gasteiger partial charge < -0.3 is 9.84 Å². The molecule has 2 aromatic rings. The van der Waals surface area contributed by atoms with Crippen LogP contribution < -0.4 is 4.74 Å². The Balaban J connectivity index is 1.97. The van der Waals surface area contributed by atoms with Crippen LogP contribution in [0.25, 0.3) is 0 Å². The highest BCUT2D eigenvalue weighted by atomic mass is 32.1. The van der Waals surface area contributed by atoms with Crippen LogP contribution in [0.3, 0.4) is 0 Å². The molecular formula is C17H23NO2S. The molecule has 1 N–H and O–H groups in total. The molecule has 4 heteroatoms. The predicted octanol–water partition coefficient (Wildman–Crippen LogP) is 3.92. The fraction of sp³-hybridized carbons (Fsp3) is 0.471. The van der Waals surface area contributed by atoms with Crippen molar-refractivity contribution in [3.63, 3.8) is 0 Å². The van der Waals surface area contributed by atoms with E-state index in [0.717, 1.165) is 22.9 Å². The lowest BCUT2D eigenvalue weighted by atomic mass is 10.1. The van der Waals surface area contributed by atoms with Crippen LogP contribution in [0.4, 0.5) is 0 Å². The third-order valence-electron chi connectivity index (χ3n) is 3.52. The Morgan fingerprint density at radius 2 is 1.95 bits per heavy atom. The number of rotatable bonds is 5. The van der Waals surface area contributed by atoms with Gasteiger partial charge in [0, 0.05) is 11.8 Å². The van der Waals surface area contributed by atoms with E-state index in [-0.39, 0.29) is 0 Å². The molecule has 1 heterocycles. The van der Waals surface area contributed by atoms with E-state index in [4.69, 9.17) is 4.74 Å². The van der Waals surface area contributed by atoms with Crippen LogP contribution in [-0.4, -0.2) is 16.7 Å². The first kappa shape index (κ1) is 16.0. The Bertz CT molecular complexity index is 626. The minimum absolute atomic E-state index is 0.600. The summed E-state index contributed by atoms with van der Waals surface area (Å²) in [6.07, 6.45) is 0.757. The second-order valence-corrected chi connectivity index (χ2v) is 6.93. The lowest BCUT2D eigenvalue weighted by Crippen LogP contribution is -2.16. The molecule has 0 aliphatic heterocycles. The number of ether oxygens (including phenoxy) is 1. The van der Waals surface area contributed by atoms with Gasteiger partial charge in [0.25, 0.3) is 0 Å². The normalized spacial score (nSPS) is 11.7. The smallest absolute Gasteiger partial charge is 0.122 e. The highest BCUT2D eigenvalue weighted by Gasteiger charge is 2.19. The number of aryl methyl sites for hydroxylation is 2.